The second-order valence-electron chi connectivity index (χ2n) is 5.81. The summed E-state index contributed by atoms with van der Waals surface area (Å²) in [6.07, 6.45) is 9.40. The van der Waals surface area contributed by atoms with Crippen LogP contribution in [0.15, 0.2) is 36.8 Å². The summed E-state index contributed by atoms with van der Waals surface area (Å²) < 4.78 is 0. The van der Waals surface area contributed by atoms with E-state index in [2.05, 4.69) is 42.3 Å². The third-order valence-electron chi connectivity index (χ3n) is 4.48. The quantitative estimate of drug-likeness (QED) is 0.931. The Morgan fingerprint density at radius 1 is 1.33 bits per heavy atom. The molecule has 3 heteroatoms. The van der Waals surface area contributed by atoms with Crippen LogP contribution in [0, 0.1) is 6.92 Å². The molecule has 2 atom stereocenters. The van der Waals surface area contributed by atoms with E-state index in [-0.39, 0.29) is 0 Å². The van der Waals surface area contributed by atoms with Gasteiger partial charge in [0.2, 0.25) is 0 Å². The number of rotatable bonds is 4. The first-order chi connectivity index (χ1) is 10.3. The van der Waals surface area contributed by atoms with Crippen LogP contribution in [0.4, 0.5) is 0 Å². The minimum Gasteiger partial charge on any atom is -0.310 e. The minimum absolute atomic E-state index is 0.303. The predicted octanol–water partition coefficient (Wildman–Crippen LogP) is 3.56. The molecule has 0 fully saturated rings. The Morgan fingerprint density at radius 3 is 3.05 bits per heavy atom. The van der Waals surface area contributed by atoms with Crippen LogP contribution in [0.1, 0.15) is 54.1 Å². The fourth-order valence-electron chi connectivity index (χ4n) is 3.46. The first-order valence-corrected chi connectivity index (χ1v) is 7.89. The highest BCUT2D eigenvalue weighted by molar-refractivity contribution is 5.33. The molecule has 0 bridgehead atoms. The number of likely N-dealkylation sites (N-methyl/N-ethyl adjacent to an activating group) is 1. The third-order valence-corrected chi connectivity index (χ3v) is 4.48. The number of aryl methyl sites for hydroxylation is 2. The van der Waals surface area contributed by atoms with E-state index in [1.165, 1.54) is 35.2 Å². The van der Waals surface area contributed by atoms with Crippen LogP contribution in [0.5, 0.6) is 0 Å². The fourth-order valence-corrected chi connectivity index (χ4v) is 3.46. The van der Waals surface area contributed by atoms with Crippen LogP contribution in [0.3, 0.4) is 0 Å². The average molecular weight is 281 g/mol. The number of pyridine rings is 2. The van der Waals surface area contributed by atoms with Crippen LogP contribution >= 0.6 is 0 Å². The Balaban J connectivity index is 2.01. The van der Waals surface area contributed by atoms with Crippen molar-refractivity contribution < 1.29 is 0 Å². The monoisotopic (exact) mass is 281 g/mol. The zero-order valence-electron chi connectivity index (χ0n) is 12.8. The largest absolute Gasteiger partial charge is 0.310 e. The SMILES string of the molecule is CCNC(c1cnccc1C)C1CCCc2cccnc21. The molecule has 0 saturated heterocycles. The summed E-state index contributed by atoms with van der Waals surface area (Å²) in [7, 11) is 0. The van der Waals surface area contributed by atoms with E-state index >= 15 is 0 Å². The van der Waals surface area contributed by atoms with Crippen LogP contribution in [-0.2, 0) is 6.42 Å². The van der Waals surface area contributed by atoms with E-state index in [1.54, 1.807) is 0 Å². The molecule has 1 N–H and O–H groups in total. The van der Waals surface area contributed by atoms with Crippen molar-refractivity contribution in [3.05, 3.63) is 59.2 Å². The van der Waals surface area contributed by atoms with Crippen molar-refractivity contribution in [3.8, 4) is 0 Å². The van der Waals surface area contributed by atoms with Gasteiger partial charge in [-0.05, 0) is 61.6 Å². The molecule has 110 valence electrons. The van der Waals surface area contributed by atoms with Gasteiger partial charge in [-0.3, -0.25) is 9.97 Å². The molecule has 0 spiro atoms. The van der Waals surface area contributed by atoms with Crippen LogP contribution in [0.2, 0.25) is 0 Å². The van der Waals surface area contributed by atoms with Gasteiger partial charge in [-0.1, -0.05) is 13.0 Å². The van der Waals surface area contributed by atoms with E-state index in [9.17, 15) is 0 Å². The number of nitrogens with zero attached hydrogens (tertiary/aromatic N) is 2. The van der Waals surface area contributed by atoms with Gasteiger partial charge in [-0.15, -0.1) is 0 Å². The molecular weight excluding hydrogens is 258 g/mol. The molecule has 21 heavy (non-hydrogen) atoms. The highest BCUT2D eigenvalue weighted by Crippen LogP contribution is 2.39. The lowest BCUT2D eigenvalue weighted by atomic mass is 9.79. The first kappa shape index (κ1) is 14.2. The van der Waals surface area contributed by atoms with E-state index < -0.39 is 0 Å². The smallest absolute Gasteiger partial charge is 0.0485 e. The molecule has 0 saturated carbocycles. The van der Waals surface area contributed by atoms with Crippen LogP contribution < -0.4 is 5.32 Å². The molecule has 2 unspecified atom stereocenters. The Bertz CT molecular complexity index is 609. The third kappa shape index (κ3) is 2.84. The molecule has 3 nitrogen and oxygen atoms in total. The van der Waals surface area contributed by atoms with Gasteiger partial charge in [0.05, 0.1) is 0 Å². The second-order valence-corrected chi connectivity index (χ2v) is 5.81. The van der Waals surface area contributed by atoms with E-state index in [4.69, 9.17) is 4.98 Å². The highest BCUT2D eigenvalue weighted by atomic mass is 14.9. The fraction of sp³-hybridized carbons (Fsp3) is 0.444. The Labute approximate surface area is 126 Å². The lowest BCUT2D eigenvalue weighted by Gasteiger charge is -2.32. The molecule has 2 heterocycles. The molecule has 0 aliphatic heterocycles. The maximum absolute atomic E-state index is 4.70. The number of fused-ring (bicyclic) bond motifs is 1. The molecule has 0 amide bonds. The molecular formula is C18H23N3. The van der Waals surface area contributed by atoms with Crippen molar-refractivity contribution >= 4 is 0 Å². The van der Waals surface area contributed by atoms with Crippen molar-refractivity contribution in [1.29, 1.82) is 0 Å². The summed E-state index contributed by atoms with van der Waals surface area (Å²) in [5.74, 6) is 0.442. The van der Waals surface area contributed by atoms with Crippen molar-refractivity contribution in [2.24, 2.45) is 0 Å². The van der Waals surface area contributed by atoms with E-state index in [0.717, 1.165) is 13.0 Å². The van der Waals surface area contributed by atoms with Crippen LogP contribution in [-0.4, -0.2) is 16.5 Å². The molecule has 1 aliphatic carbocycles. The maximum atomic E-state index is 4.70. The summed E-state index contributed by atoms with van der Waals surface area (Å²) in [6, 6.07) is 6.69. The van der Waals surface area contributed by atoms with Crippen molar-refractivity contribution in [3.63, 3.8) is 0 Å². The van der Waals surface area contributed by atoms with Gasteiger partial charge in [0.15, 0.2) is 0 Å². The second kappa shape index (κ2) is 6.35. The number of hydrogen-bond donors (Lipinski definition) is 1. The molecule has 2 aromatic heterocycles. The topological polar surface area (TPSA) is 37.8 Å². The van der Waals surface area contributed by atoms with Crippen molar-refractivity contribution in [2.75, 3.05) is 6.54 Å². The Morgan fingerprint density at radius 2 is 2.24 bits per heavy atom. The van der Waals surface area contributed by atoms with E-state index in [1.807, 2.05) is 18.6 Å². The highest BCUT2D eigenvalue weighted by Gasteiger charge is 2.30. The zero-order chi connectivity index (χ0) is 14.7. The molecule has 2 aromatic rings. The first-order valence-electron chi connectivity index (χ1n) is 7.89. The standard InChI is InChI=1S/C18H23N3/c1-3-20-18(16-12-19-11-9-13(16)2)15-8-4-6-14-7-5-10-21-17(14)15/h5,7,9-12,15,18,20H,3-4,6,8H2,1-2H3. The molecule has 0 aromatic carbocycles. The summed E-state index contributed by atoms with van der Waals surface area (Å²) in [4.78, 5) is 9.04. The van der Waals surface area contributed by atoms with Gasteiger partial charge in [0.1, 0.15) is 0 Å². The van der Waals surface area contributed by atoms with Gasteiger partial charge in [-0.25, -0.2) is 0 Å². The molecule has 1 aliphatic rings. The summed E-state index contributed by atoms with van der Waals surface area (Å²) in [5.41, 5.74) is 5.30. The number of hydrogen-bond acceptors (Lipinski definition) is 3. The Hall–Kier alpha value is -1.74. The van der Waals surface area contributed by atoms with Gasteiger partial charge < -0.3 is 5.32 Å². The lowest BCUT2D eigenvalue weighted by Crippen LogP contribution is -2.30. The van der Waals surface area contributed by atoms with Gasteiger partial charge in [-0.2, -0.15) is 0 Å². The van der Waals surface area contributed by atoms with Gasteiger partial charge >= 0.3 is 0 Å². The maximum Gasteiger partial charge on any atom is 0.0485 e. The Kier molecular flexibility index (Phi) is 4.30. The van der Waals surface area contributed by atoms with Gasteiger partial charge in [0, 0.05) is 36.2 Å². The molecule has 3 rings (SSSR count). The lowest BCUT2D eigenvalue weighted by molar-refractivity contribution is 0.398. The normalized spacial score (nSPS) is 19.0. The molecule has 0 radical (unpaired) electrons. The summed E-state index contributed by atoms with van der Waals surface area (Å²) in [6.45, 7) is 5.29. The van der Waals surface area contributed by atoms with Gasteiger partial charge in [0.25, 0.3) is 0 Å². The minimum atomic E-state index is 0.303. The zero-order valence-corrected chi connectivity index (χ0v) is 12.8. The van der Waals surface area contributed by atoms with Crippen molar-refractivity contribution in [2.45, 2.75) is 45.1 Å². The number of nitrogens with one attached hydrogen (secondary N) is 1. The average Bonchev–Trinajstić information content (AvgIpc) is 2.53. The summed E-state index contributed by atoms with van der Waals surface area (Å²) in [5, 5.41) is 3.67. The van der Waals surface area contributed by atoms with E-state index in [0.29, 0.717) is 12.0 Å². The summed E-state index contributed by atoms with van der Waals surface area (Å²) >= 11 is 0. The van der Waals surface area contributed by atoms with Crippen LogP contribution in [0.25, 0.3) is 0 Å². The predicted molar refractivity (Wildman–Crippen MR) is 85.3 cm³/mol. The number of aromatic nitrogens is 2. The van der Waals surface area contributed by atoms with Crippen molar-refractivity contribution in [1.82, 2.24) is 15.3 Å².